The highest BCUT2D eigenvalue weighted by atomic mass is 16.2. The van der Waals surface area contributed by atoms with Crippen molar-refractivity contribution in [2.24, 2.45) is 0 Å². The van der Waals surface area contributed by atoms with Crippen molar-refractivity contribution in [3.05, 3.63) is 48.3 Å². The summed E-state index contributed by atoms with van der Waals surface area (Å²) in [6.07, 6.45) is 1.58. The molecule has 132 valence electrons. The van der Waals surface area contributed by atoms with Crippen LogP contribution in [0.5, 0.6) is 0 Å². The summed E-state index contributed by atoms with van der Waals surface area (Å²) in [4.78, 5) is 29.4. The number of hydrogen-bond acceptors (Lipinski definition) is 5. The van der Waals surface area contributed by atoms with Gasteiger partial charge in [-0.3, -0.25) is 14.6 Å². The first-order valence-corrected chi connectivity index (χ1v) is 7.97. The fourth-order valence-electron chi connectivity index (χ4n) is 2.16. The Morgan fingerprint density at radius 1 is 1.08 bits per heavy atom. The number of likely N-dealkylation sites (N-methyl/N-ethyl adjacent to an activating group) is 1. The molecule has 1 aromatic carbocycles. The van der Waals surface area contributed by atoms with Crippen LogP contribution in [0.3, 0.4) is 0 Å². The van der Waals surface area contributed by atoms with Crippen LogP contribution in [0.15, 0.2) is 42.6 Å². The number of aromatic nitrogens is 1. The maximum Gasteiger partial charge on any atom is 0.269 e. The van der Waals surface area contributed by atoms with E-state index in [0.717, 1.165) is 17.9 Å². The van der Waals surface area contributed by atoms with Gasteiger partial charge in [0.2, 0.25) is 5.91 Å². The first-order valence-electron chi connectivity index (χ1n) is 7.97. The fraction of sp³-hybridized carbons (Fsp3) is 0.278. The summed E-state index contributed by atoms with van der Waals surface area (Å²) in [5, 5.41) is 8.77. The first-order chi connectivity index (χ1) is 11.9. The molecule has 2 amide bonds. The maximum atomic E-state index is 12.1. The van der Waals surface area contributed by atoms with Gasteiger partial charge in [-0.05, 0) is 44.4 Å². The fourth-order valence-corrected chi connectivity index (χ4v) is 2.16. The minimum absolute atomic E-state index is 0.127. The summed E-state index contributed by atoms with van der Waals surface area (Å²) in [7, 11) is 3.90. The number of anilines is 3. The van der Waals surface area contributed by atoms with Gasteiger partial charge in [0.15, 0.2) is 0 Å². The van der Waals surface area contributed by atoms with Gasteiger partial charge in [0, 0.05) is 43.3 Å². The Kier molecular flexibility index (Phi) is 6.47. The zero-order chi connectivity index (χ0) is 18.2. The SMILES string of the molecule is CC(=O)Nc1cccc(Nc2ccnc(C(=O)NCCN(C)C)c2)c1. The number of hydrogen-bond donors (Lipinski definition) is 3. The largest absolute Gasteiger partial charge is 0.355 e. The van der Waals surface area contributed by atoms with Crippen molar-refractivity contribution >= 4 is 28.9 Å². The third-order valence-corrected chi connectivity index (χ3v) is 3.31. The van der Waals surface area contributed by atoms with Crippen LogP contribution in [-0.2, 0) is 4.79 Å². The van der Waals surface area contributed by atoms with Gasteiger partial charge in [0.25, 0.3) is 5.91 Å². The maximum absolute atomic E-state index is 12.1. The van der Waals surface area contributed by atoms with Crippen molar-refractivity contribution in [1.29, 1.82) is 0 Å². The number of carbonyl (C=O) groups excluding carboxylic acids is 2. The second-order valence-corrected chi connectivity index (χ2v) is 5.88. The molecule has 1 aromatic heterocycles. The second kappa shape index (κ2) is 8.79. The number of amides is 2. The molecule has 7 heteroatoms. The van der Waals surface area contributed by atoms with Crippen LogP contribution in [0.4, 0.5) is 17.1 Å². The number of nitrogens with zero attached hydrogens (tertiary/aromatic N) is 2. The Balaban J connectivity index is 2.03. The molecule has 0 fully saturated rings. The van der Waals surface area contributed by atoms with E-state index < -0.39 is 0 Å². The molecule has 0 bridgehead atoms. The van der Waals surface area contributed by atoms with Crippen LogP contribution in [0, 0.1) is 0 Å². The van der Waals surface area contributed by atoms with Crippen molar-refractivity contribution < 1.29 is 9.59 Å². The lowest BCUT2D eigenvalue weighted by atomic mass is 10.2. The molecule has 0 radical (unpaired) electrons. The first kappa shape index (κ1) is 18.4. The molecule has 0 aliphatic rings. The predicted molar refractivity (Wildman–Crippen MR) is 99.2 cm³/mol. The number of benzene rings is 1. The molecular formula is C18H23N5O2. The quantitative estimate of drug-likeness (QED) is 0.718. The molecule has 2 aromatic rings. The van der Waals surface area contributed by atoms with E-state index >= 15 is 0 Å². The molecule has 25 heavy (non-hydrogen) atoms. The molecule has 1 heterocycles. The molecule has 3 N–H and O–H groups in total. The lowest BCUT2D eigenvalue weighted by molar-refractivity contribution is -0.114. The molecule has 0 aliphatic heterocycles. The van der Waals surface area contributed by atoms with Gasteiger partial charge in [-0.2, -0.15) is 0 Å². The zero-order valence-electron chi connectivity index (χ0n) is 14.7. The Morgan fingerprint density at radius 2 is 1.80 bits per heavy atom. The molecule has 7 nitrogen and oxygen atoms in total. The lowest BCUT2D eigenvalue weighted by Crippen LogP contribution is -2.31. The van der Waals surface area contributed by atoms with E-state index in [0.29, 0.717) is 17.9 Å². The molecule has 0 saturated carbocycles. The summed E-state index contributed by atoms with van der Waals surface area (Å²) in [6.45, 7) is 2.79. The van der Waals surface area contributed by atoms with Crippen molar-refractivity contribution in [1.82, 2.24) is 15.2 Å². The number of pyridine rings is 1. The smallest absolute Gasteiger partial charge is 0.269 e. The van der Waals surface area contributed by atoms with Gasteiger partial charge >= 0.3 is 0 Å². The van der Waals surface area contributed by atoms with E-state index in [2.05, 4.69) is 20.9 Å². The van der Waals surface area contributed by atoms with Crippen molar-refractivity contribution in [2.45, 2.75) is 6.92 Å². The van der Waals surface area contributed by atoms with Crippen LogP contribution >= 0.6 is 0 Å². The standard InChI is InChI=1S/C18H23N5O2/c1-13(24)21-14-5-4-6-15(11-14)22-16-7-8-19-17(12-16)18(25)20-9-10-23(2)3/h4-8,11-12H,9-10H2,1-3H3,(H,19,22)(H,20,25)(H,21,24). The minimum atomic E-state index is -0.211. The Hall–Kier alpha value is -2.93. The van der Waals surface area contributed by atoms with Crippen LogP contribution in [0.2, 0.25) is 0 Å². The van der Waals surface area contributed by atoms with Gasteiger partial charge in [-0.1, -0.05) is 6.07 Å². The molecule has 0 spiro atoms. The molecule has 0 unspecified atom stereocenters. The van der Waals surface area contributed by atoms with Crippen LogP contribution in [0.1, 0.15) is 17.4 Å². The predicted octanol–water partition coefficient (Wildman–Crippen LogP) is 2.07. The molecule has 0 aliphatic carbocycles. The monoisotopic (exact) mass is 341 g/mol. The van der Waals surface area contributed by atoms with E-state index in [1.807, 2.05) is 43.3 Å². The number of carbonyl (C=O) groups is 2. The Labute approximate surface area is 147 Å². The summed E-state index contributed by atoms with van der Waals surface area (Å²) in [6, 6.07) is 10.8. The van der Waals surface area contributed by atoms with Gasteiger partial charge < -0.3 is 20.9 Å². The normalized spacial score (nSPS) is 10.4. The molecule has 2 rings (SSSR count). The van der Waals surface area contributed by atoms with Gasteiger partial charge in [0.1, 0.15) is 5.69 Å². The van der Waals surface area contributed by atoms with E-state index in [1.165, 1.54) is 6.92 Å². The highest BCUT2D eigenvalue weighted by Crippen LogP contribution is 2.20. The molecule has 0 saturated heterocycles. The minimum Gasteiger partial charge on any atom is -0.355 e. The van der Waals surface area contributed by atoms with E-state index in [9.17, 15) is 9.59 Å². The van der Waals surface area contributed by atoms with Gasteiger partial charge in [0.05, 0.1) is 0 Å². The number of rotatable bonds is 7. The highest BCUT2D eigenvalue weighted by Gasteiger charge is 2.08. The Bertz CT molecular complexity index is 746. The highest BCUT2D eigenvalue weighted by molar-refractivity contribution is 5.93. The summed E-state index contributed by atoms with van der Waals surface area (Å²) in [5.41, 5.74) is 2.60. The second-order valence-electron chi connectivity index (χ2n) is 5.88. The molecule has 0 atom stereocenters. The lowest BCUT2D eigenvalue weighted by Gasteiger charge is -2.11. The summed E-state index contributed by atoms with van der Waals surface area (Å²) in [5.74, 6) is -0.338. The van der Waals surface area contributed by atoms with Gasteiger partial charge in [-0.25, -0.2) is 0 Å². The van der Waals surface area contributed by atoms with E-state index in [-0.39, 0.29) is 11.8 Å². The van der Waals surface area contributed by atoms with Crippen molar-refractivity contribution in [3.8, 4) is 0 Å². The van der Waals surface area contributed by atoms with Crippen LogP contribution < -0.4 is 16.0 Å². The van der Waals surface area contributed by atoms with Gasteiger partial charge in [-0.15, -0.1) is 0 Å². The van der Waals surface area contributed by atoms with Crippen molar-refractivity contribution in [3.63, 3.8) is 0 Å². The summed E-state index contributed by atoms with van der Waals surface area (Å²) >= 11 is 0. The van der Waals surface area contributed by atoms with E-state index in [4.69, 9.17) is 0 Å². The Morgan fingerprint density at radius 3 is 2.52 bits per heavy atom. The topological polar surface area (TPSA) is 86.4 Å². The average molecular weight is 341 g/mol. The average Bonchev–Trinajstić information content (AvgIpc) is 2.54. The van der Waals surface area contributed by atoms with Crippen molar-refractivity contribution in [2.75, 3.05) is 37.8 Å². The summed E-state index contributed by atoms with van der Waals surface area (Å²) < 4.78 is 0. The van der Waals surface area contributed by atoms with E-state index in [1.54, 1.807) is 18.3 Å². The third-order valence-electron chi connectivity index (χ3n) is 3.31. The van der Waals surface area contributed by atoms with Crippen LogP contribution in [-0.4, -0.2) is 48.9 Å². The third kappa shape index (κ3) is 6.23. The number of nitrogens with one attached hydrogen (secondary N) is 3. The van der Waals surface area contributed by atoms with Crippen LogP contribution in [0.25, 0.3) is 0 Å². The molecular weight excluding hydrogens is 318 g/mol. The zero-order valence-corrected chi connectivity index (χ0v) is 14.7.